The smallest absolute Gasteiger partial charge is 0.246 e. The van der Waals surface area contributed by atoms with E-state index in [0.29, 0.717) is 17.1 Å². The van der Waals surface area contributed by atoms with Crippen LogP contribution >= 0.6 is 0 Å². The lowest BCUT2D eigenvalue weighted by Gasteiger charge is -1.99. The first-order valence-corrected chi connectivity index (χ1v) is 4.35. The molecule has 0 aliphatic rings. The van der Waals surface area contributed by atoms with Crippen LogP contribution in [0.25, 0.3) is 11.0 Å². The van der Waals surface area contributed by atoms with E-state index in [-0.39, 0.29) is 5.76 Å². The Morgan fingerprint density at radius 1 is 1.27 bits per heavy atom. The molecule has 2 rings (SSSR count). The quantitative estimate of drug-likeness (QED) is 0.751. The van der Waals surface area contributed by atoms with Crippen molar-refractivity contribution < 1.29 is 13.9 Å². The molecule has 0 amide bonds. The summed E-state index contributed by atoms with van der Waals surface area (Å²) in [4.78, 5) is 0. The standard InChI is InChI=1S/C11H9NO3/c1-13-8-5-3-4-7-10(14-2)9(6-12)15-11(7)8/h3-5H,1-2H3. The minimum absolute atomic E-state index is 0.164. The van der Waals surface area contributed by atoms with Crippen molar-refractivity contribution in [2.24, 2.45) is 0 Å². The number of benzene rings is 1. The summed E-state index contributed by atoms with van der Waals surface area (Å²) in [5.74, 6) is 1.20. The van der Waals surface area contributed by atoms with Crippen molar-refractivity contribution in [2.75, 3.05) is 14.2 Å². The summed E-state index contributed by atoms with van der Waals surface area (Å²) in [5, 5.41) is 9.59. The van der Waals surface area contributed by atoms with E-state index in [9.17, 15) is 0 Å². The van der Waals surface area contributed by atoms with E-state index in [1.54, 1.807) is 13.2 Å². The number of methoxy groups -OCH3 is 2. The highest BCUT2D eigenvalue weighted by Crippen LogP contribution is 2.37. The van der Waals surface area contributed by atoms with Crippen LogP contribution in [0.4, 0.5) is 0 Å². The maximum absolute atomic E-state index is 8.85. The number of para-hydroxylation sites is 1. The minimum atomic E-state index is 0.164. The van der Waals surface area contributed by atoms with E-state index in [4.69, 9.17) is 19.2 Å². The third-order valence-electron chi connectivity index (χ3n) is 2.16. The second-order valence-corrected chi connectivity index (χ2v) is 2.91. The lowest BCUT2D eigenvalue weighted by Crippen LogP contribution is -1.84. The monoisotopic (exact) mass is 203 g/mol. The number of hydrogen-bond acceptors (Lipinski definition) is 4. The van der Waals surface area contributed by atoms with Gasteiger partial charge in [-0.2, -0.15) is 5.26 Å². The topological polar surface area (TPSA) is 55.4 Å². The maximum atomic E-state index is 8.85. The average molecular weight is 203 g/mol. The highest BCUT2D eigenvalue weighted by Gasteiger charge is 2.16. The van der Waals surface area contributed by atoms with Gasteiger partial charge in [-0.15, -0.1) is 0 Å². The normalized spacial score (nSPS) is 9.93. The predicted molar refractivity (Wildman–Crippen MR) is 54.0 cm³/mol. The molecule has 0 aliphatic heterocycles. The number of nitrogens with zero attached hydrogens (tertiary/aromatic N) is 1. The molecule has 15 heavy (non-hydrogen) atoms. The van der Waals surface area contributed by atoms with E-state index in [1.165, 1.54) is 7.11 Å². The van der Waals surface area contributed by atoms with Gasteiger partial charge in [-0.1, -0.05) is 6.07 Å². The van der Waals surface area contributed by atoms with Crippen molar-refractivity contribution in [3.05, 3.63) is 24.0 Å². The maximum Gasteiger partial charge on any atom is 0.246 e. The molecule has 0 radical (unpaired) electrons. The van der Waals surface area contributed by atoms with Gasteiger partial charge in [0.1, 0.15) is 6.07 Å². The van der Waals surface area contributed by atoms with Gasteiger partial charge < -0.3 is 13.9 Å². The third-order valence-corrected chi connectivity index (χ3v) is 2.16. The predicted octanol–water partition coefficient (Wildman–Crippen LogP) is 2.32. The zero-order valence-corrected chi connectivity index (χ0v) is 8.40. The summed E-state index contributed by atoms with van der Waals surface area (Å²) < 4.78 is 15.6. The van der Waals surface area contributed by atoms with Gasteiger partial charge in [-0.05, 0) is 12.1 Å². The molecule has 2 aromatic rings. The summed E-state index contributed by atoms with van der Waals surface area (Å²) >= 11 is 0. The number of fused-ring (bicyclic) bond motifs is 1. The van der Waals surface area contributed by atoms with Gasteiger partial charge in [0.2, 0.25) is 5.76 Å². The van der Waals surface area contributed by atoms with E-state index in [0.717, 1.165) is 5.39 Å². The molecule has 0 N–H and O–H groups in total. The van der Waals surface area contributed by atoms with Gasteiger partial charge >= 0.3 is 0 Å². The Morgan fingerprint density at radius 3 is 2.67 bits per heavy atom. The number of rotatable bonds is 2. The second-order valence-electron chi connectivity index (χ2n) is 2.91. The van der Waals surface area contributed by atoms with Crippen LogP contribution in [0.1, 0.15) is 5.76 Å². The number of ether oxygens (including phenoxy) is 2. The van der Waals surface area contributed by atoms with Crippen LogP contribution in [0.3, 0.4) is 0 Å². The van der Waals surface area contributed by atoms with E-state index < -0.39 is 0 Å². The van der Waals surface area contributed by atoms with Crippen LogP contribution in [-0.4, -0.2) is 14.2 Å². The van der Waals surface area contributed by atoms with Crippen LogP contribution in [0.5, 0.6) is 11.5 Å². The van der Waals surface area contributed by atoms with Crippen LogP contribution in [-0.2, 0) is 0 Å². The molecule has 4 nitrogen and oxygen atoms in total. The number of furan rings is 1. The Balaban J connectivity index is 2.82. The summed E-state index contributed by atoms with van der Waals surface area (Å²) in [5.41, 5.74) is 0.536. The van der Waals surface area contributed by atoms with Crippen molar-refractivity contribution in [3.8, 4) is 17.6 Å². The molecular weight excluding hydrogens is 194 g/mol. The number of nitriles is 1. The fourth-order valence-electron chi connectivity index (χ4n) is 1.51. The van der Waals surface area contributed by atoms with Crippen molar-refractivity contribution in [3.63, 3.8) is 0 Å². The van der Waals surface area contributed by atoms with Crippen molar-refractivity contribution in [1.29, 1.82) is 5.26 Å². The molecule has 0 spiro atoms. The van der Waals surface area contributed by atoms with Gasteiger partial charge in [0.25, 0.3) is 0 Å². The molecule has 0 unspecified atom stereocenters. The Kier molecular flexibility index (Phi) is 2.22. The van der Waals surface area contributed by atoms with Gasteiger partial charge in [-0.3, -0.25) is 0 Å². The molecule has 76 valence electrons. The molecule has 0 atom stereocenters. The van der Waals surface area contributed by atoms with E-state index >= 15 is 0 Å². The molecule has 0 aliphatic carbocycles. The average Bonchev–Trinajstić information content (AvgIpc) is 2.66. The van der Waals surface area contributed by atoms with E-state index in [1.807, 2.05) is 18.2 Å². The van der Waals surface area contributed by atoms with Gasteiger partial charge in [0.05, 0.1) is 19.6 Å². The lowest BCUT2D eigenvalue weighted by molar-refractivity contribution is 0.400. The highest BCUT2D eigenvalue weighted by molar-refractivity contribution is 5.90. The fraction of sp³-hybridized carbons (Fsp3) is 0.182. The van der Waals surface area contributed by atoms with E-state index in [2.05, 4.69) is 0 Å². The van der Waals surface area contributed by atoms with Crippen LogP contribution < -0.4 is 9.47 Å². The van der Waals surface area contributed by atoms with Crippen molar-refractivity contribution in [1.82, 2.24) is 0 Å². The Bertz CT molecular complexity index is 536. The summed E-state index contributed by atoms with van der Waals surface area (Å²) in [6.45, 7) is 0. The highest BCUT2D eigenvalue weighted by atomic mass is 16.5. The molecule has 0 saturated heterocycles. The summed E-state index contributed by atoms with van der Waals surface area (Å²) in [6, 6.07) is 7.35. The van der Waals surface area contributed by atoms with Crippen LogP contribution in [0, 0.1) is 11.3 Å². The van der Waals surface area contributed by atoms with Gasteiger partial charge in [0, 0.05) is 0 Å². The van der Waals surface area contributed by atoms with Crippen molar-refractivity contribution in [2.45, 2.75) is 0 Å². The molecule has 0 saturated carbocycles. The SMILES string of the molecule is COc1c(C#N)oc2c(OC)cccc12. The first kappa shape index (κ1) is 9.41. The summed E-state index contributed by atoms with van der Waals surface area (Å²) in [6.07, 6.45) is 0. The largest absolute Gasteiger partial charge is 0.493 e. The molecular formula is C11H9NO3. The first-order chi connectivity index (χ1) is 7.31. The lowest BCUT2D eigenvalue weighted by atomic mass is 10.2. The molecule has 1 aromatic heterocycles. The molecule has 0 fully saturated rings. The number of hydrogen-bond donors (Lipinski definition) is 0. The van der Waals surface area contributed by atoms with Gasteiger partial charge in [0.15, 0.2) is 17.1 Å². The van der Waals surface area contributed by atoms with Gasteiger partial charge in [-0.25, -0.2) is 0 Å². The molecule has 4 heteroatoms. The molecule has 1 heterocycles. The zero-order chi connectivity index (χ0) is 10.8. The first-order valence-electron chi connectivity index (χ1n) is 4.35. The summed E-state index contributed by atoms with van der Waals surface area (Å²) in [7, 11) is 3.06. The Morgan fingerprint density at radius 2 is 2.07 bits per heavy atom. The molecule has 1 aromatic carbocycles. The minimum Gasteiger partial charge on any atom is -0.493 e. The Labute approximate surface area is 86.6 Å². The molecule has 0 bridgehead atoms. The third kappa shape index (κ3) is 1.29. The second kappa shape index (κ2) is 3.54. The fourth-order valence-corrected chi connectivity index (χ4v) is 1.51. The van der Waals surface area contributed by atoms with Crippen LogP contribution in [0.2, 0.25) is 0 Å². The van der Waals surface area contributed by atoms with Crippen molar-refractivity contribution >= 4 is 11.0 Å². The zero-order valence-electron chi connectivity index (χ0n) is 8.40. The Hall–Kier alpha value is -2.15. The van der Waals surface area contributed by atoms with Crippen LogP contribution in [0.15, 0.2) is 22.6 Å².